The maximum Gasteiger partial charge on any atom is 0.315 e. The molecule has 0 saturated heterocycles. The Kier molecular flexibility index (Phi) is 3.76. The van der Waals surface area contributed by atoms with Crippen LogP contribution in [0.3, 0.4) is 0 Å². The molecule has 0 bridgehead atoms. The normalized spacial score (nSPS) is 10.9. The number of nitriles is 1. The van der Waals surface area contributed by atoms with E-state index in [0.29, 0.717) is 5.56 Å². The van der Waals surface area contributed by atoms with Gasteiger partial charge in [0, 0.05) is 24.0 Å². The van der Waals surface area contributed by atoms with Crippen molar-refractivity contribution in [2.24, 2.45) is 0 Å². The first kappa shape index (κ1) is 14.0. The molecule has 2 aromatic rings. The van der Waals surface area contributed by atoms with Crippen LogP contribution in [0.1, 0.15) is 11.1 Å². The van der Waals surface area contributed by atoms with E-state index in [0.717, 1.165) is 12.1 Å². The Morgan fingerprint density at radius 2 is 2.00 bits per heavy atom. The number of rotatable bonds is 3. The van der Waals surface area contributed by atoms with Gasteiger partial charge in [-0.05, 0) is 17.7 Å². The SMILES string of the molecule is N#C/C(=C\c1cc(O)c(O)c([N+](=O)[O-])c1)c1cncnc1. The number of hydrogen-bond donors (Lipinski definition) is 2. The van der Waals surface area contributed by atoms with Gasteiger partial charge in [0.1, 0.15) is 6.33 Å². The van der Waals surface area contributed by atoms with Crippen LogP contribution < -0.4 is 0 Å². The Morgan fingerprint density at radius 3 is 2.57 bits per heavy atom. The molecule has 2 N–H and O–H groups in total. The van der Waals surface area contributed by atoms with Gasteiger partial charge in [-0.2, -0.15) is 5.26 Å². The molecule has 0 spiro atoms. The minimum atomic E-state index is -0.829. The molecule has 0 saturated carbocycles. The summed E-state index contributed by atoms with van der Waals surface area (Å²) in [7, 11) is 0. The van der Waals surface area contributed by atoms with Crippen LogP contribution in [0.4, 0.5) is 5.69 Å². The molecule has 21 heavy (non-hydrogen) atoms. The third kappa shape index (κ3) is 2.93. The highest BCUT2D eigenvalue weighted by molar-refractivity contribution is 5.89. The summed E-state index contributed by atoms with van der Waals surface area (Å²) in [4.78, 5) is 17.5. The van der Waals surface area contributed by atoms with E-state index < -0.39 is 22.1 Å². The van der Waals surface area contributed by atoms with E-state index in [1.165, 1.54) is 24.8 Å². The van der Waals surface area contributed by atoms with E-state index in [1.54, 1.807) is 0 Å². The van der Waals surface area contributed by atoms with Gasteiger partial charge in [0.15, 0.2) is 5.75 Å². The molecule has 1 aromatic carbocycles. The van der Waals surface area contributed by atoms with Crippen LogP contribution in [0.25, 0.3) is 11.6 Å². The van der Waals surface area contributed by atoms with E-state index >= 15 is 0 Å². The van der Waals surface area contributed by atoms with Crippen LogP contribution in [0.15, 0.2) is 30.9 Å². The Bertz CT molecular complexity index is 766. The monoisotopic (exact) mass is 284 g/mol. The fourth-order valence-corrected chi connectivity index (χ4v) is 1.63. The summed E-state index contributed by atoms with van der Waals surface area (Å²) >= 11 is 0. The summed E-state index contributed by atoms with van der Waals surface area (Å²) in [5, 5.41) is 38.8. The van der Waals surface area contributed by atoms with Gasteiger partial charge in [0.2, 0.25) is 5.75 Å². The summed E-state index contributed by atoms with van der Waals surface area (Å²) in [5.74, 6) is -1.46. The molecule has 0 fully saturated rings. The molecule has 0 amide bonds. The fraction of sp³-hybridized carbons (Fsp3) is 0. The number of nitrogens with zero attached hydrogens (tertiary/aromatic N) is 4. The molecule has 0 unspecified atom stereocenters. The number of nitro groups is 1. The molecule has 0 aliphatic rings. The maximum atomic E-state index is 10.8. The number of benzene rings is 1. The zero-order chi connectivity index (χ0) is 15.4. The average Bonchev–Trinajstić information content (AvgIpc) is 2.48. The Morgan fingerprint density at radius 1 is 1.33 bits per heavy atom. The van der Waals surface area contributed by atoms with Crippen molar-refractivity contribution in [2.75, 3.05) is 0 Å². The molecular weight excluding hydrogens is 276 g/mol. The van der Waals surface area contributed by atoms with Crippen molar-refractivity contribution < 1.29 is 15.1 Å². The van der Waals surface area contributed by atoms with Crippen molar-refractivity contribution >= 4 is 17.3 Å². The molecule has 2 rings (SSSR count). The van der Waals surface area contributed by atoms with E-state index in [-0.39, 0.29) is 11.1 Å². The van der Waals surface area contributed by atoms with E-state index in [9.17, 15) is 20.3 Å². The van der Waals surface area contributed by atoms with Gasteiger partial charge in [-0.25, -0.2) is 9.97 Å². The number of allylic oxidation sites excluding steroid dienone is 1. The highest BCUT2D eigenvalue weighted by atomic mass is 16.6. The summed E-state index contributed by atoms with van der Waals surface area (Å²) in [6.07, 6.45) is 5.45. The smallest absolute Gasteiger partial charge is 0.315 e. The second-order valence-electron chi connectivity index (χ2n) is 3.96. The van der Waals surface area contributed by atoms with Crippen LogP contribution in [0, 0.1) is 21.4 Å². The zero-order valence-corrected chi connectivity index (χ0v) is 10.5. The minimum Gasteiger partial charge on any atom is -0.504 e. The number of nitro benzene ring substituents is 1. The number of hydrogen-bond acceptors (Lipinski definition) is 7. The predicted molar refractivity (Wildman–Crippen MR) is 71.9 cm³/mol. The van der Waals surface area contributed by atoms with Crippen molar-refractivity contribution in [1.29, 1.82) is 5.26 Å². The topological polar surface area (TPSA) is 133 Å². The molecule has 1 heterocycles. The zero-order valence-electron chi connectivity index (χ0n) is 10.5. The van der Waals surface area contributed by atoms with Gasteiger partial charge in [-0.3, -0.25) is 10.1 Å². The number of phenolic OH excluding ortho intramolecular Hbond substituents is 2. The van der Waals surface area contributed by atoms with Gasteiger partial charge >= 0.3 is 5.69 Å². The van der Waals surface area contributed by atoms with E-state index in [4.69, 9.17) is 5.26 Å². The number of phenols is 2. The van der Waals surface area contributed by atoms with Gasteiger partial charge in [-0.1, -0.05) is 0 Å². The lowest BCUT2D eigenvalue weighted by Gasteiger charge is -2.02. The lowest BCUT2D eigenvalue weighted by Crippen LogP contribution is -1.91. The van der Waals surface area contributed by atoms with Crippen molar-refractivity contribution in [2.45, 2.75) is 0 Å². The van der Waals surface area contributed by atoms with Gasteiger partial charge in [0.05, 0.1) is 16.6 Å². The Labute approximate surface area is 118 Å². The number of aromatic nitrogens is 2. The third-order valence-electron chi connectivity index (χ3n) is 2.59. The lowest BCUT2D eigenvalue weighted by molar-refractivity contribution is -0.386. The standard InChI is InChI=1S/C13H8N4O4/c14-4-9(10-5-15-7-16-6-10)1-8-2-11(17(20)21)13(19)12(18)3-8/h1-3,5-7,18-19H/b9-1+. The van der Waals surface area contributed by atoms with Crippen molar-refractivity contribution in [3.05, 3.63) is 52.1 Å². The van der Waals surface area contributed by atoms with Crippen molar-refractivity contribution in [3.63, 3.8) is 0 Å². The first-order valence-electron chi connectivity index (χ1n) is 5.60. The molecule has 8 nitrogen and oxygen atoms in total. The first-order valence-corrected chi connectivity index (χ1v) is 5.60. The highest BCUT2D eigenvalue weighted by Gasteiger charge is 2.18. The first-order chi connectivity index (χ1) is 10.0. The summed E-state index contributed by atoms with van der Waals surface area (Å²) < 4.78 is 0. The van der Waals surface area contributed by atoms with Crippen LogP contribution >= 0.6 is 0 Å². The quantitative estimate of drug-likeness (QED) is 0.380. The predicted octanol–water partition coefficient (Wildman–Crippen LogP) is 1.86. The van der Waals surface area contributed by atoms with E-state index in [2.05, 4.69) is 9.97 Å². The summed E-state index contributed by atoms with van der Waals surface area (Å²) in [6, 6.07) is 4.08. The van der Waals surface area contributed by atoms with Crippen LogP contribution in [-0.4, -0.2) is 25.1 Å². The third-order valence-corrected chi connectivity index (χ3v) is 2.59. The Balaban J connectivity index is 2.54. The Hall–Kier alpha value is -3.47. The maximum absolute atomic E-state index is 10.8. The van der Waals surface area contributed by atoms with Crippen molar-refractivity contribution in [1.82, 2.24) is 9.97 Å². The second kappa shape index (κ2) is 5.66. The largest absolute Gasteiger partial charge is 0.504 e. The van der Waals surface area contributed by atoms with Gasteiger partial charge in [-0.15, -0.1) is 0 Å². The molecule has 104 valence electrons. The summed E-state index contributed by atoms with van der Waals surface area (Å²) in [6.45, 7) is 0. The molecule has 1 aromatic heterocycles. The minimum absolute atomic E-state index is 0.162. The molecule has 0 radical (unpaired) electrons. The molecule has 8 heteroatoms. The van der Waals surface area contributed by atoms with E-state index in [1.807, 2.05) is 6.07 Å². The molecular formula is C13H8N4O4. The molecule has 0 aliphatic heterocycles. The van der Waals surface area contributed by atoms with Crippen molar-refractivity contribution in [3.8, 4) is 17.6 Å². The highest BCUT2D eigenvalue weighted by Crippen LogP contribution is 2.36. The second-order valence-corrected chi connectivity index (χ2v) is 3.96. The molecule has 0 aliphatic carbocycles. The molecule has 0 atom stereocenters. The van der Waals surface area contributed by atoms with Crippen LogP contribution in [0.2, 0.25) is 0 Å². The van der Waals surface area contributed by atoms with Gasteiger partial charge < -0.3 is 10.2 Å². The van der Waals surface area contributed by atoms with Crippen LogP contribution in [0.5, 0.6) is 11.5 Å². The lowest BCUT2D eigenvalue weighted by atomic mass is 10.1. The number of aromatic hydroxyl groups is 2. The summed E-state index contributed by atoms with van der Waals surface area (Å²) in [5.41, 5.74) is 0.130. The van der Waals surface area contributed by atoms with Gasteiger partial charge in [0.25, 0.3) is 0 Å². The average molecular weight is 284 g/mol. The fourth-order valence-electron chi connectivity index (χ4n) is 1.63. The van der Waals surface area contributed by atoms with Crippen LogP contribution in [-0.2, 0) is 0 Å².